The molecule has 0 aliphatic rings. The normalized spacial score (nSPS) is 11.3. The first-order valence-corrected chi connectivity index (χ1v) is 5.63. The predicted octanol–water partition coefficient (Wildman–Crippen LogP) is 1.94. The van der Waals surface area contributed by atoms with Crippen LogP contribution >= 0.6 is 0 Å². The van der Waals surface area contributed by atoms with Crippen molar-refractivity contribution < 1.29 is 0 Å². The highest BCUT2D eigenvalue weighted by molar-refractivity contribution is 5.22. The van der Waals surface area contributed by atoms with Crippen LogP contribution in [0.2, 0.25) is 0 Å². The summed E-state index contributed by atoms with van der Waals surface area (Å²) in [7, 11) is 2.17. The van der Waals surface area contributed by atoms with Crippen molar-refractivity contribution in [2.45, 2.75) is 32.7 Å². The van der Waals surface area contributed by atoms with Crippen LogP contribution in [0.15, 0.2) is 12.4 Å². The first kappa shape index (κ1) is 12.0. The first-order chi connectivity index (χ1) is 7.20. The van der Waals surface area contributed by atoms with Crippen molar-refractivity contribution in [2.75, 3.05) is 25.5 Å². The smallest absolute Gasteiger partial charge is 0.200 e. The summed E-state index contributed by atoms with van der Waals surface area (Å²) in [5.41, 5.74) is 0. The van der Waals surface area contributed by atoms with Crippen molar-refractivity contribution in [3.63, 3.8) is 0 Å². The molecular formula is C11H22N4. The Hall–Kier alpha value is -1.03. The average Bonchev–Trinajstić information content (AvgIpc) is 2.69. The third-order valence-corrected chi connectivity index (χ3v) is 2.61. The molecule has 0 bridgehead atoms. The summed E-state index contributed by atoms with van der Waals surface area (Å²) in [5, 5.41) is 3.24. The zero-order chi connectivity index (χ0) is 11.1. The molecule has 15 heavy (non-hydrogen) atoms. The number of unbranched alkanes of at least 4 members (excludes halogenated alkanes) is 1. The number of H-pyrrole nitrogens is 1. The van der Waals surface area contributed by atoms with Crippen LogP contribution in [0.3, 0.4) is 0 Å². The van der Waals surface area contributed by atoms with E-state index in [0.717, 1.165) is 19.0 Å². The summed E-state index contributed by atoms with van der Waals surface area (Å²) in [5.74, 6) is 0.868. The fourth-order valence-electron chi connectivity index (χ4n) is 1.31. The lowest BCUT2D eigenvalue weighted by Crippen LogP contribution is -2.27. The molecule has 4 heteroatoms. The molecule has 0 amide bonds. The van der Waals surface area contributed by atoms with Crippen LogP contribution in [0.4, 0.5) is 5.95 Å². The minimum Gasteiger partial charge on any atom is -0.356 e. The Morgan fingerprint density at radius 1 is 1.47 bits per heavy atom. The van der Waals surface area contributed by atoms with Crippen molar-refractivity contribution in [2.24, 2.45) is 0 Å². The maximum atomic E-state index is 4.10. The van der Waals surface area contributed by atoms with E-state index in [-0.39, 0.29) is 0 Å². The summed E-state index contributed by atoms with van der Waals surface area (Å²) in [6, 6.07) is 0.642. The minimum atomic E-state index is 0.642. The number of rotatable bonds is 7. The molecule has 0 saturated carbocycles. The van der Waals surface area contributed by atoms with Gasteiger partial charge in [0, 0.05) is 25.0 Å². The second kappa shape index (κ2) is 6.45. The second-order valence-corrected chi connectivity index (χ2v) is 4.15. The lowest BCUT2D eigenvalue weighted by atomic mass is 10.2. The number of nitrogens with one attached hydrogen (secondary N) is 2. The Balaban J connectivity index is 1.98. The van der Waals surface area contributed by atoms with Crippen molar-refractivity contribution in [3.8, 4) is 0 Å². The van der Waals surface area contributed by atoms with Gasteiger partial charge in [-0.25, -0.2) is 4.98 Å². The van der Waals surface area contributed by atoms with E-state index in [1.165, 1.54) is 12.8 Å². The summed E-state index contributed by atoms with van der Waals surface area (Å²) in [6.45, 7) is 6.60. The lowest BCUT2D eigenvalue weighted by Gasteiger charge is -2.20. The largest absolute Gasteiger partial charge is 0.356 e. The molecule has 0 aromatic carbocycles. The SMILES string of the molecule is CC(C)N(C)CCCCNc1ncc[nH]1. The van der Waals surface area contributed by atoms with Gasteiger partial charge in [-0.3, -0.25) is 0 Å². The van der Waals surface area contributed by atoms with Gasteiger partial charge in [-0.2, -0.15) is 0 Å². The van der Waals surface area contributed by atoms with Gasteiger partial charge in [0.25, 0.3) is 0 Å². The zero-order valence-electron chi connectivity index (χ0n) is 9.95. The van der Waals surface area contributed by atoms with Crippen LogP contribution < -0.4 is 5.32 Å². The molecule has 0 fully saturated rings. The molecule has 1 heterocycles. The summed E-state index contributed by atoms with van der Waals surface area (Å²) >= 11 is 0. The monoisotopic (exact) mass is 210 g/mol. The van der Waals surface area contributed by atoms with Crippen LogP contribution in [0.5, 0.6) is 0 Å². The molecule has 0 unspecified atom stereocenters. The maximum Gasteiger partial charge on any atom is 0.200 e. The Kier molecular flexibility index (Phi) is 5.18. The maximum absolute atomic E-state index is 4.10. The fraction of sp³-hybridized carbons (Fsp3) is 0.727. The highest BCUT2D eigenvalue weighted by Gasteiger charge is 2.01. The molecule has 0 spiro atoms. The van der Waals surface area contributed by atoms with Crippen LogP contribution in [0, 0.1) is 0 Å². The fourth-order valence-corrected chi connectivity index (χ4v) is 1.31. The third kappa shape index (κ3) is 4.83. The molecule has 0 aliphatic carbocycles. The molecule has 2 N–H and O–H groups in total. The van der Waals surface area contributed by atoms with Gasteiger partial charge in [0.2, 0.25) is 0 Å². The Labute approximate surface area is 92.1 Å². The van der Waals surface area contributed by atoms with Gasteiger partial charge in [0.1, 0.15) is 0 Å². The number of nitrogens with zero attached hydrogens (tertiary/aromatic N) is 2. The van der Waals surface area contributed by atoms with Crippen molar-refractivity contribution in [3.05, 3.63) is 12.4 Å². The van der Waals surface area contributed by atoms with Gasteiger partial charge in [-0.15, -0.1) is 0 Å². The topological polar surface area (TPSA) is 44.0 Å². The van der Waals surface area contributed by atoms with E-state index in [1.54, 1.807) is 6.20 Å². The van der Waals surface area contributed by atoms with Crippen LogP contribution in [0.1, 0.15) is 26.7 Å². The molecular weight excluding hydrogens is 188 g/mol. The number of hydrogen-bond donors (Lipinski definition) is 2. The van der Waals surface area contributed by atoms with Gasteiger partial charge >= 0.3 is 0 Å². The summed E-state index contributed by atoms with van der Waals surface area (Å²) < 4.78 is 0. The van der Waals surface area contributed by atoms with Crippen molar-refractivity contribution in [1.82, 2.24) is 14.9 Å². The minimum absolute atomic E-state index is 0.642. The van der Waals surface area contributed by atoms with Crippen molar-refractivity contribution in [1.29, 1.82) is 0 Å². The van der Waals surface area contributed by atoms with Crippen molar-refractivity contribution >= 4 is 5.95 Å². The number of imidazole rings is 1. The van der Waals surface area contributed by atoms with Crippen LogP contribution in [-0.2, 0) is 0 Å². The molecule has 0 aliphatic heterocycles. The Bertz CT molecular complexity index is 243. The zero-order valence-corrected chi connectivity index (χ0v) is 9.95. The molecule has 0 atom stereocenters. The van der Waals surface area contributed by atoms with E-state index in [0.29, 0.717) is 6.04 Å². The van der Waals surface area contributed by atoms with Gasteiger partial charge in [-0.1, -0.05) is 0 Å². The van der Waals surface area contributed by atoms with E-state index in [9.17, 15) is 0 Å². The van der Waals surface area contributed by atoms with Crippen LogP contribution in [0.25, 0.3) is 0 Å². The molecule has 0 saturated heterocycles. The van der Waals surface area contributed by atoms with Gasteiger partial charge in [0.05, 0.1) is 0 Å². The molecule has 0 radical (unpaired) electrons. The van der Waals surface area contributed by atoms with E-state index in [2.05, 4.69) is 41.1 Å². The third-order valence-electron chi connectivity index (χ3n) is 2.61. The molecule has 1 aromatic rings. The summed E-state index contributed by atoms with van der Waals surface area (Å²) in [4.78, 5) is 9.49. The van der Waals surface area contributed by atoms with E-state index >= 15 is 0 Å². The molecule has 1 rings (SSSR count). The number of anilines is 1. The van der Waals surface area contributed by atoms with Gasteiger partial charge in [0.15, 0.2) is 5.95 Å². The molecule has 86 valence electrons. The summed E-state index contributed by atoms with van der Waals surface area (Å²) in [6.07, 6.45) is 5.99. The quantitative estimate of drug-likeness (QED) is 0.676. The number of hydrogen-bond acceptors (Lipinski definition) is 3. The lowest BCUT2D eigenvalue weighted by molar-refractivity contribution is 0.269. The molecule has 4 nitrogen and oxygen atoms in total. The highest BCUT2D eigenvalue weighted by atomic mass is 15.1. The van der Waals surface area contributed by atoms with E-state index < -0.39 is 0 Å². The van der Waals surface area contributed by atoms with Gasteiger partial charge < -0.3 is 15.2 Å². The highest BCUT2D eigenvalue weighted by Crippen LogP contribution is 1.99. The Morgan fingerprint density at radius 3 is 2.87 bits per heavy atom. The van der Waals surface area contributed by atoms with Gasteiger partial charge in [-0.05, 0) is 40.3 Å². The molecule has 1 aromatic heterocycles. The van der Waals surface area contributed by atoms with E-state index in [1.807, 2.05) is 6.20 Å². The average molecular weight is 210 g/mol. The Morgan fingerprint density at radius 2 is 2.27 bits per heavy atom. The standard InChI is InChI=1S/C11H22N4/c1-10(2)15(3)9-5-4-6-12-11-13-7-8-14-11/h7-8,10H,4-6,9H2,1-3H3,(H2,12,13,14). The predicted molar refractivity (Wildman–Crippen MR) is 64.1 cm³/mol. The van der Waals surface area contributed by atoms with E-state index in [4.69, 9.17) is 0 Å². The number of aromatic amines is 1. The first-order valence-electron chi connectivity index (χ1n) is 5.63. The second-order valence-electron chi connectivity index (χ2n) is 4.15. The number of aromatic nitrogens is 2. The van der Waals surface area contributed by atoms with Crippen LogP contribution in [-0.4, -0.2) is 41.0 Å².